The van der Waals surface area contributed by atoms with Crippen molar-refractivity contribution < 1.29 is 17.9 Å². The first-order chi connectivity index (χ1) is 12.9. The number of halogens is 3. The lowest BCUT2D eigenvalue weighted by molar-refractivity contribution is -0.250. The van der Waals surface area contributed by atoms with E-state index < -0.39 is 18.3 Å². The second-order valence-corrected chi connectivity index (χ2v) is 6.92. The molecule has 2 aliphatic heterocycles. The maximum Gasteiger partial charge on any atom is 0.434 e. The van der Waals surface area contributed by atoms with Crippen LogP contribution in [0, 0.1) is 0 Å². The number of hydrogen-bond acceptors (Lipinski definition) is 4. The molecule has 0 bridgehead atoms. The minimum absolute atomic E-state index is 0.00877. The van der Waals surface area contributed by atoms with E-state index in [1.807, 2.05) is 4.90 Å². The van der Waals surface area contributed by atoms with Gasteiger partial charge >= 0.3 is 6.18 Å². The average molecular weight is 375 g/mol. The second-order valence-electron chi connectivity index (χ2n) is 6.92. The molecule has 0 radical (unpaired) electrons. The predicted octanol–water partition coefficient (Wildman–Crippen LogP) is 3.32. The Bertz CT molecular complexity index is 853. The van der Waals surface area contributed by atoms with Crippen molar-refractivity contribution in [2.24, 2.45) is 10.7 Å². The fourth-order valence-electron chi connectivity index (χ4n) is 3.65. The van der Waals surface area contributed by atoms with Crippen molar-refractivity contribution in [3.8, 4) is 5.75 Å². The van der Waals surface area contributed by atoms with Crippen LogP contribution in [0.5, 0.6) is 5.75 Å². The van der Waals surface area contributed by atoms with Crippen LogP contribution < -0.4 is 10.5 Å². The van der Waals surface area contributed by atoms with Gasteiger partial charge in [0.2, 0.25) is 5.60 Å². The van der Waals surface area contributed by atoms with Crippen LogP contribution in [-0.4, -0.2) is 42.6 Å². The minimum Gasteiger partial charge on any atom is -0.470 e. The number of aliphatic imine (C=N–C) groups is 1. The van der Waals surface area contributed by atoms with Crippen LogP contribution in [0.1, 0.15) is 17.5 Å². The Hall–Kier alpha value is -2.54. The first-order valence-corrected chi connectivity index (χ1v) is 8.86. The van der Waals surface area contributed by atoms with Gasteiger partial charge in [0.15, 0.2) is 0 Å². The van der Waals surface area contributed by atoms with Crippen molar-refractivity contribution in [3.63, 3.8) is 0 Å². The Labute approximate surface area is 155 Å². The second kappa shape index (κ2) is 6.56. The number of hydrogen-bond donors (Lipinski definition) is 1. The molecule has 2 heterocycles. The van der Waals surface area contributed by atoms with Crippen LogP contribution in [-0.2, 0) is 5.60 Å². The molecule has 1 saturated heterocycles. The smallest absolute Gasteiger partial charge is 0.434 e. The summed E-state index contributed by atoms with van der Waals surface area (Å²) in [5, 5.41) is 0. The van der Waals surface area contributed by atoms with Crippen LogP contribution in [0.25, 0.3) is 0 Å². The van der Waals surface area contributed by atoms with Crippen LogP contribution in [0.4, 0.5) is 13.2 Å². The minimum atomic E-state index is -4.64. The number of para-hydroxylation sites is 1. The number of alkyl halides is 3. The molecule has 4 nitrogen and oxygen atoms in total. The van der Waals surface area contributed by atoms with E-state index in [1.165, 1.54) is 12.1 Å². The maximum absolute atomic E-state index is 14.3. The number of ether oxygens (including phenoxy) is 1. The van der Waals surface area contributed by atoms with Crippen LogP contribution >= 0.6 is 0 Å². The summed E-state index contributed by atoms with van der Waals surface area (Å²) in [6.07, 6.45) is -3.85. The van der Waals surface area contributed by atoms with Gasteiger partial charge in [-0.25, -0.2) is 0 Å². The van der Waals surface area contributed by atoms with Gasteiger partial charge in [0.25, 0.3) is 0 Å². The van der Waals surface area contributed by atoms with Gasteiger partial charge in [-0.2, -0.15) is 13.2 Å². The van der Waals surface area contributed by atoms with Crippen molar-refractivity contribution in [2.45, 2.75) is 24.2 Å². The number of amidine groups is 1. The Morgan fingerprint density at radius 1 is 1.07 bits per heavy atom. The summed E-state index contributed by atoms with van der Waals surface area (Å²) in [6.45, 7) is 0.687. The van der Waals surface area contributed by atoms with E-state index in [2.05, 4.69) is 4.99 Å². The molecule has 7 heteroatoms. The normalized spacial score (nSPS) is 25.4. The molecule has 0 aromatic heterocycles. The quantitative estimate of drug-likeness (QED) is 0.832. The van der Waals surface area contributed by atoms with Gasteiger partial charge in [0.1, 0.15) is 11.6 Å². The van der Waals surface area contributed by atoms with Gasteiger partial charge in [-0.05, 0) is 18.6 Å². The van der Waals surface area contributed by atoms with Gasteiger partial charge in [0, 0.05) is 24.7 Å². The zero-order valence-corrected chi connectivity index (χ0v) is 14.6. The van der Waals surface area contributed by atoms with Crippen molar-refractivity contribution >= 4 is 5.84 Å². The zero-order chi connectivity index (χ0) is 19.1. The van der Waals surface area contributed by atoms with E-state index in [4.69, 9.17) is 10.5 Å². The Balaban J connectivity index is 1.87. The standard InChI is InChI=1S/C20H20F3N3O/c21-20(22,23)19(14-6-2-1-3-7-14)13-25-18(26-11-10-15(24)12-26)16-8-4-5-9-17(16)27-19/h1-9,15H,10-13,24H2. The summed E-state index contributed by atoms with van der Waals surface area (Å²) in [5.74, 6) is 0.691. The number of rotatable bonds is 1. The molecule has 2 atom stereocenters. The Kier molecular flexibility index (Phi) is 4.34. The maximum atomic E-state index is 14.3. The van der Waals surface area contributed by atoms with Gasteiger partial charge in [-0.15, -0.1) is 0 Å². The van der Waals surface area contributed by atoms with Crippen LogP contribution in [0.15, 0.2) is 59.6 Å². The highest BCUT2D eigenvalue weighted by atomic mass is 19.4. The Morgan fingerprint density at radius 2 is 1.78 bits per heavy atom. The van der Waals surface area contributed by atoms with E-state index in [9.17, 15) is 13.2 Å². The van der Waals surface area contributed by atoms with Crippen LogP contribution in [0.2, 0.25) is 0 Å². The number of likely N-dealkylation sites (tertiary alicyclic amines) is 1. The molecule has 27 heavy (non-hydrogen) atoms. The molecule has 2 unspecified atom stereocenters. The van der Waals surface area contributed by atoms with Gasteiger partial charge < -0.3 is 15.4 Å². The predicted molar refractivity (Wildman–Crippen MR) is 96.8 cm³/mol. The number of fused-ring (bicyclic) bond motifs is 1. The molecule has 4 rings (SSSR count). The molecule has 1 fully saturated rings. The summed E-state index contributed by atoms with van der Waals surface area (Å²) in [4.78, 5) is 6.37. The molecular weight excluding hydrogens is 355 g/mol. The largest absolute Gasteiger partial charge is 0.470 e. The van der Waals surface area contributed by atoms with Crippen molar-refractivity contribution in [2.75, 3.05) is 19.6 Å². The summed E-state index contributed by atoms with van der Waals surface area (Å²) in [7, 11) is 0. The number of benzene rings is 2. The van der Waals surface area contributed by atoms with E-state index in [1.54, 1.807) is 42.5 Å². The molecule has 0 aliphatic carbocycles. The first-order valence-electron chi connectivity index (χ1n) is 8.86. The molecule has 2 aliphatic rings. The number of nitrogens with zero attached hydrogens (tertiary/aromatic N) is 2. The van der Waals surface area contributed by atoms with Crippen molar-refractivity contribution in [3.05, 3.63) is 65.7 Å². The molecule has 0 amide bonds. The Morgan fingerprint density at radius 3 is 2.44 bits per heavy atom. The lowest BCUT2D eigenvalue weighted by Gasteiger charge is -2.34. The van der Waals surface area contributed by atoms with E-state index in [-0.39, 0.29) is 17.4 Å². The molecular formula is C20H20F3N3O. The SMILES string of the molecule is NC1CCN(C2=NCC(c3ccccc3)(C(F)(F)F)Oc3ccccc32)C1. The molecule has 2 N–H and O–H groups in total. The monoisotopic (exact) mass is 375 g/mol. The summed E-state index contributed by atoms with van der Waals surface area (Å²) >= 11 is 0. The lowest BCUT2D eigenvalue weighted by Crippen LogP contribution is -2.50. The average Bonchev–Trinajstić information content (AvgIpc) is 2.99. The fraction of sp³-hybridized carbons (Fsp3) is 0.350. The highest BCUT2D eigenvalue weighted by Crippen LogP contribution is 2.45. The van der Waals surface area contributed by atoms with E-state index in [0.717, 1.165) is 6.42 Å². The van der Waals surface area contributed by atoms with Gasteiger partial charge in [0.05, 0.1) is 12.1 Å². The first kappa shape index (κ1) is 17.9. The summed E-state index contributed by atoms with van der Waals surface area (Å²) in [6, 6.07) is 14.4. The highest BCUT2D eigenvalue weighted by Gasteiger charge is 2.59. The van der Waals surface area contributed by atoms with Gasteiger partial charge in [-0.1, -0.05) is 42.5 Å². The van der Waals surface area contributed by atoms with Crippen molar-refractivity contribution in [1.82, 2.24) is 4.90 Å². The molecule has 2 aromatic rings. The zero-order valence-electron chi connectivity index (χ0n) is 14.6. The number of nitrogens with two attached hydrogens (primary N) is 1. The summed E-state index contributed by atoms with van der Waals surface area (Å²) < 4.78 is 48.6. The van der Waals surface area contributed by atoms with E-state index in [0.29, 0.717) is 24.5 Å². The third-order valence-electron chi connectivity index (χ3n) is 5.09. The highest BCUT2D eigenvalue weighted by molar-refractivity contribution is 6.01. The topological polar surface area (TPSA) is 50.8 Å². The molecule has 2 aromatic carbocycles. The molecule has 142 valence electrons. The van der Waals surface area contributed by atoms with Crippen molar-refractivity contribution in [1.29, 1.82) is 0 Å². The summed E-state index contributed by atoms with van der Waals surface area (Å²) in [5.41, 5.74) is 4.06. The fourth-order valence-corrected chi connectivity index (χ4v) is 3.65. The van der Waals surface area contributed by atoms with Crippen LogP contribution in [0.3, 0.4) is 0 Å². The third-order valence-corrected chi connectivity index (χ3v) is 5.09. The molecule has 0 spiro atoms. The third kappa shape index (κ3) is 3.06. The molecule has 0 saturated carbocycles. The van der Waals surface area contributed by atoms with Gasteiger partial charge in [-0.3, -0.25) is 4.99 Å². The lowest BCUT2D eigenvalue weighted by atomic mass is 9.92. The van der Waals surface area contributed by atoms with E-state index >= 15 is 0 Å².